The molecule has 51 heavy (non-hydrogen) atoms. The minimum atomic E-state index is 0.737. The van der Waals surface area contributed by atoms with Crippen LogP contribution >= 0.6 is 22.7 Å². The molecule has 0 spiro atoms. The first-order valence-corrected chi connectivity index (χ1v) is 18.8. The summed E-state index contributed by atoms with van der Waals surface area (Å²) in [6.07, 6.45) is 0. The van der Waals surface area contributed by atoms with Crippen LogP contribution < -0.4 is 0 Å². The molecule has 10 aromatic rings. The fourth-order valence-corrected chi connectivity index (χ4v) is 9.78. The quantitative estimate of drug-likeness (QED) is 0.180. The minimum absolute atomic E-state index is 0.737. The molecule has 0 amide bonds. The van der Waals surface area contributed by atoms with E-state index in [0.29, 0.717) is 0 Å². The van der Waals surface area contributed by atoms with Crippen LogP contribution in [0.4, 0.5) is 0 Å². The van der Waals surface area contributed by atoms with Crippen LogP contribution in [0.3, 0.4) is 0 Å². The Hall–Kier alpha value is -5.94. The van der Waals surface area contributed by atoms with E-state index in [-0.39, 0.29) is 0 Å². The van der Waals surface area contributed by atoms with E-state index in [9.17, 15) is 0 Å². The lowest BCUT2D eigenvalue weighted by molar-refractivity contribution is 1.15. The standard InChI is InChI=1S/C47H30N2S2/c1-29-43(31-16-7-3-8-17-31)48-47(32-18-9-4-10-19-32)49-44(29)37-22-13-21-36-39-26-33(24-25-42(39)51-45(36)37)38-27-34(30-14-5-2-6-15-30)28-40-35-20-11-12-23-41(35)50-46(38)40/h2-28H,1H3. The molecule has 2 nitrogen and oxygen atoms in total. The third kappa shape index (κ3) is 5.06. The van der Waals surface area contributed by atoms with Gasteiger partial charge >= 0.3 is 0 Å². The van der Waals surface area contributed by atoms with E-state index in [1.165, 1.54) is 62.6 Å². The van der Waals surface area contributed by atoms with E-state index in [1.54, 1.807) is 0 Å². The van der Waals surface area contributed by atoms with E-state index < -0.39 is 0 Å². The van der Waals surface area contributed by atoms with Gasteiger partial charge in [-0.15, -0.1) is 22.7 Å². The number of hydrogen-bond acceptors (Lipinski definition) is 4. The molecule has 7 aromatic carbocycles. The largest absolute Gasteiger partial charge is 0.228 e. The molecule has 0 saturated carbocycles. The van der Waals surface area contributed by atoms with Crippen LogP contribution in [-0.2, 0) is 0 Å². The molecule has 0 aliphatic rings. The summed E-state index contributed by atoms with van der Waals surface area (Å²) >= 11 is 3.74. The summed E-state index contributed by atoms with van der Waals surface area (Å²) in [5.41, 5.74) is 11.2. The van der Waals surface area contributed by atoms with Gasteiger partial charge in [-0.2, -0.15) is 0 Å². The predicted molar refractivity (Wildman–Crippen MR) is 220 cm³/mol. The van der Waals surface area contributed by atoms with Crippen molar-refractivity contribution < 1.29 is 0 Å². The molecule has 0 aliphatic heterocycles. The molecule has 240 valence electrons. The van der Waals surface area contributed by atoms with Crippen molar-refractivity contribution in [2.75, 3.05) is 0 Å². The second kappa shape index (κ2) is 12.1. The topological polar surface area (TPSA) is 25.8 Å². The van der Waals surface area contributed by atoms with Gasteiger partial charge in [-0.05, 0) is 53.9 Å². The number of aromatic nitrogens is 2. The van der Waals surface area contributed by atoms with Crippen molar-refractivity contribution in [3.63, 3.8) is 0 Å². The Morgan fingerprint density at radius 3 is 1.73 bits per heavy atom. The first-order chi connectivity index (χ1) is 25.2. The molecule has 4 heteroatoms. The van der Waals surface area contributed by atoms with Gasteiger partial charge in [-0.25, -0.2) is 9.97 Å². The van der Waals surface area contributed by atoms with Gasteiger partial charge < -0.3 is 0 Å². The third-order valence-corrected chi connectivity index (χ3v) is 12.3. The Morgan fingerprint density at radius 2 is 0.961 bits per heavy atom. The summed E-state index contributed by atoms with van der Waals surface area (Å²) in [5.74, 6) is 0.737. The molecular formula is C47H30N2S2. The first-order valence-electron chi connectivity index (χ1n) is 17.2. The maximum atomic E-state index is 5.27. The molecule has 0 radical (unpaired) electrons. The second-order valence-electron chi connectivity index (χ2n) is 13.0. The van der Waals surface area contributed by atoms with Gasteiger partial charge in [-0.1, -0.05) is 133 Å². The van der Waals surface area contributed by atoms with E-state index in [1.807, 2.05) is 40.9 Å². The zero-order valence-electron chi connectivity index (χ0n) is 27.8. The summed E-state index contributed by atoms with van der Waals surface area (Å²) in [5, 5.41) is 5.15. The molecule has 0 bridgehead atoms. The highest BCUT2D eigenvalue weighted by molar-refractivity contribution is 7.26. The van der Waals surface area contributed by atoms with Crippen LogP contribution in [0.2, 0.25) is 0 Å². The van der Waals surface area contributed by atoms with Gasteiger partial charge in [0.25, 0.3) is 0 Å². The lowest BCUT2D eigenvalue weighted by atomic mass is 9.95. The lowest BCUT2D eigenvalue weighted by Gasteiger charge is -2.14. The molecule has 0 fully saturated rings. The Bertz CT molecular complexity index is 2910. The molecular weight excluding hydrogens is 657 g/mol. The maximum Gasteiger partial charge on any atom is 0.160 e. The fourth-order valence-electron chi connectivity index (χ4n) is 7.36. The molecule has 3 aromatic heterocycles. The molecule has 0 unspecified atom stereocenters. The number of benzene rings is 7. The van der Waals surface area contributed by atoms with Crippen molar-refractivity contribution in [2.24, 2.45) is 0 Å². The van der Waals surface area contributed by atoms with Gasteiger partial charge in [0.2, 0.25) is 0 Å². The summed E-state index contributed by atoms with van der Waals surface area (Å²) in [4.78, 5) is 10.4. The van der Waals surface area contributed by atoms with Gasteiger partial charge in [0.1, 0.15) is 0 Å². The summed E-state index contributed by atoms with van der Waals surface area (Å²) < 4.78 is 5.16. The average molecular weight is 687 g/mol. The third-order valence-electron chi connectivity index (χ3n) is 9.87. The van der Waals surface area contributed by atoms with Crippen LogP contribution in [-0.4, -0.2) is 9.97 Å². The van der Waals surface area contributed by atoms with Crippen molar-refractivity contribution in [2.45, 2.75) is 6.92 Å². The van der Waals surface area contributed by atoms with E-state index in [0.717, 1.165) is 39.5 Å². The minimum Gasteiger partial charge on any atom is -0.228 e. The van der Waals surface area contributed by atoms with Crippen LogP contribution in [0.15, 0.2) is 164 Å². The smallest absolute Gasteiger partial charge is 0.160 e. The molecule has 3 heterocycles. The van der Waals surface area contributed by atoms with Gasteiger partial charge in [0.05, 0.1) is 11.4 Å². The first kappa shape index (κ1) is 29.9. The van der Waals surface area contributed by atoms with E-state index >= 15 is 0 Å². The Balaban J connectivity index is 1.19. The number of fused-ring (bicyclic) bond motifs is 6. The van der Waals surface area contributed by atoms with Crippen molar-refractivity contribution in [3.05, 3.63) is 169 Å². The molecule has 0 aliphatic carbocycles. The van der Waals surface area contributed by atoms with Crippen molar-refractivity contribution in [1.82, 2.24) is 9.97 Å². The average Bonchev–Trinajstić information content (AvgIpc) is 3.77. The van der Waals surface area contributed by atoms with Gasteiger partial charge in [0.15, 0.2) is 5.82 Å². The Labute approximate surface area is 304 Å². The highest BCUT2D eigenvalue weighted by atomic mass is 32.1. The van der Waals surface area contributed by atoms with Gasteiger partial charge in [0, 0.05) is 68.2 Å². The lowest BCUT2D eigenvalue weighted by Crippen LogP contribution is -2.00. The predicted octanol–water partition coefficient (Wildman–Crippen LogP) is 13.9. The van der Waals surface area contributed by atoms with Crippen LogP contribution in [0, 0.1) is 6.92 Å². The highest BCUT2D eigenvalue weighted by Crippen LogP contribution is 2.46. The Kier molecular flexibility index (Phi) is 7.12. The number of thiophene rings is 2. The monoisotopic (exact) mass is 686 g/mol. The molecule has 0 atom stereocenters. The summed E-state index contributed by atoms with van der Waals surface area (Å²) in [6, 6.07) is 58.8. The highest BCUT2D eigenvalue weighted by Gasteiger charge is 2.20. The van der Waals surface area contributed by atoms with Gasteiger partial charge in [-0.3, -0.25) is 0 Å². The SMILES string of the molecule is Cc1c(-c2ccccc2)nc(-c2ccccc2)nc1-c1cccc2c1sc1ccc(-c3cc(-c4ccccc4)cc4c3sc3ccccc34)cc12. The molecule has 0 N–H and O–H groups in total. The summed E-state index contributed by atoms with van der Waals surface area (Å²) in [7, 11) is 0. The van der Waals surface area contributed by atoms with E-state index in [4.69, 9.17) is 9.97 Å². The van der Waals surface area contributed by atoms with Crippen LogP contribution in [0.5, 0.6) is 0 Å². The van der Waals surface area contributed by atoms with Crippen molar-refractivity contribution in [3.8, 4) is 56.2 Å². The van der Waals surface area contributed by atoms with Crippen molar-refractivity contribution in [1.29, 1.82) is 0 Å². The molecule has 0 saturated heterocycles. The van der Waals surface area contributed by atoms with Crippen molar-refractivity contribution >= 4 is 63.0 Å². The fraction of sp³-hybridized carbons (Fsp3) is 0.0213. The Morgan fingerprint density at radius 1 is 0.373 bits per heavy atom. The maximum absolute atomic E-state index is 5.27. The molecule has 10 rings (SSSR count). The second-order valence-corrected chi connectivity index (χ2v) is 15.1. The number of rotatable bonds is 5. The van der Waals surface area contributed by atoms with Crippen LogP contribution in [0.1, 0.15) is 5.56 Å². The van der Waals surface area contributed by atoms with Crippen LogP contribution in [0.25, 0.3) is 96.5 Å². The zero-order valence-corrected chi connectivity index (χ0v) is 29.4. The normalized spacial score (nSPS) is 11.6. The summed E-state index contributed by atoms with van der Waals surface area (Å²) in [6.45, 7) is 2.16. The number of hydrogen-bond donors (Lipinski definition) is 0. The zero-order chi connectivity index (χ0) is 33.9. The van der Waals surface area contributed by atoms with E-state index in [2.05, 4.69) is 153 Å². The number of nitrogens with zero attached hydrogens (tertiary/aromatic N) is 2.